The Morgan fingerprint density at radius 3 is 2.48 bits per heavy atom. The third-order valence-electron chi connectivity index (χ3n) is 4.59. The Balaban J connectivity index is 1.42. The van der Waals surface area contributed by atoms with Gasteiger partial charge in [0.05, 0.1) is 0 Å². The molecule has 0 bridgehead atoms. The third-order valence-corrected chi connectivity index (χ3v) is 4.59. The van der Waals surface area contributed by atoms with E-state index in [0.717, 1.165) is 45.6 Å². The minimum Gasteiger partial charge on any atom is -0.508 e. The van der Waals surface area contributed by atoms with Crippen LogP contribution in [0.15, 0.2) is 48.5 Å². The molecular weight excluding hydrogens is 284 g/mol. The highest BCUT2D eigenvalue weighted by molar-refractivity contribution is 5.48. The van der Waals surface area contributed by atoms with Gasteiger partial charge in [0, 0.05) is 31.9 Å². The van der Waals surface area contributed by atoms with Gasteiger partial charge in [-0.2, -0.15) is 0 Å². The zero-order valence-corrected chi connectivity index (χ0v) is 13.9. The van der Waals surface area contributed by atoms with Gasteiger partial charge in [-0.05, 0) is 61.7 Å². The molecule has 122 valence electrons. The van der Waals surface area contributed by atoms with Crippen LogP contribution < -0.4 is 4.90 Å². The van der Waals surface area contributed by atoms with E-state index in [9.17, 15) is 5.11 Å². The highest BCUT2D eigenvalue weighted by atomic mass is 16.3. The Hall–Kier alpha value is -2.00. The molecule has 0 unspecified atom stereocenters. The van der Waals surface area contributed by atoms with Crippen molar-refractivity contribution in [2.75, 3.05) is 37.6 Å². The standard InChI is InChI=1S/C20H26N2O/c1-17-5-2-8-19(15-17)22-13-11-21(12-14-22)10-4-7-18-6-3-9-20(23)16-18/h2-3,5-6,8-9,15-16,23H,4,7,10-14H2,1H3. The third kappa shape index (κ3) is 4.49. The van der Waals surface area contributed by atoms with Gasteiger partial charge in [0.2, 0.25) is 0 Å². The van der Waals surface area contributed by atoms with Crippen LogP contribution in [0.4, 0.5) is 5.69 Å². The van der Waals surface area contributed by atoms with Gasteiger partial charge in [-0.25, -0.2) is 0 Å². The predicted molar refractivity (Wildman–Crippen MR) is 96.3 cm³/mol. The van der Waals surface area contributed by atoms with Gasteiger partial charge >= 0.3 is 0 Å². The van der Waals surface area contributed by atoms with Gasteiger partial charge in [-0.1, -0.05) is 24.3 Å². The summed E-state index contributed by atoms with van der Waals surface area (Å²) in [5, 5.41) is 9.50. The van der Waals surface area contributed by atoms with E-state index in [4.69, 9.17) is 0 Å². The van der Waals surface area contributed by atoms with E-state index in [1.165, 1.54) is 16.8 Å². The summed E-state index contributed by atoms with van der Waals surface area (Å²) in [4.78, 5) is 5.04. The van der Waals surface area contributed by atoms with E-state index < -0.39 is 0 Å². The van der Waals surface area contributed by atoms with Crippen LogP contribution >= 0.6 is 0 Å². The van der Waals surface area contributed by atoms with Crippen molar-refractivity contribution in [1.82, 2.24) is 4.90 Å². The zero-order valence-electron chi connectivity index (χ0n) is 13.9. The van der Waals surface area contributed by atoms with Gasteiger partial charge in [0.25, 0.3) is 0 Å². The van der Waals surface area contributed by atoms with Crippen molar-refractivity contribution in [1.29, 1.82) is 0 Å². The van der Waals surface area contributed by atoms with Crippen LogP contribution in [0.5, 0.6) is 5.75 Å². The zero-order chi connectivity index (χ0) is 16.1. The molecule has 0 radical (unpaired) electrons. The van der Waals surface area contributed by atoms with Crippen LogP contribution in [0.25, 0.3) is 0 Å². The number of aromatic hydroxyl groups is 1. The van der Waals surface area contributed by atoms with Crippen molar-refractivity contribution in [2.24, 2.45) is 0 Å². The van der Waals surface area contributed by atoms with E-state index in [1.54, 1.807) is 6.07 Å². The number of benzene rings is 2. The topological polar surface area (TPSA) is 26.7 Å². The summed E-state index contributed by atoms with van der Waals surface area (Å²) < 4.78 is 0. The molecule has 0 amide bonds. The lowest BCUT2D eigenvalue weighted by atomic mass is 10.1. The molecule has 1 aliphatic rings. The molecule has 1 heterocycles. The number of aryl methyl sites for hydroxylation is 2. The monoisotopic (exact) mass is 310 g/mol. The van der Waals surface area contributed by atoms with Gasteiger partial charge in [-0.15, -0.1) is 0 Å². The summed E-state index contributed by atoms with van der Waals surface area (Å²) in [6, 6.07) is 16.4. The minimum absolute atomic E-state index is 0.370. The molecule has 1 fully saturated rings. The van der Waals surface area contributed by atoms with Crippen molar-refractivity contribution >= 4 is 5.69 Å². The van der Waals surface area contributed by atoms with Crippen molar-refractivity contribution in [2.45, 2.75) is 19.8 Å². The fourth-order valence-electron chi connectivity index (χ4n) is 3.27. The number of rotatable bonds is 5. The fraction of sp³-hybridized carbons (Fsp3) is 0.400. The average molecular weight is 310 g/mol. The molecular formula is C20H26N2O. The lowest BCUT2D eigenvalue weighted by Crippen LogP contribution is -2.46. The smallest absolute Gasteiger partial charge is 0.115 e. The maximum absolute atomic E-state index is 9.50. The molecule has 2 aromatic carbocycles. The molecule has 23 heavy (non-hydrogen) atoms. The van der Waals surface area contributed by atoms with Crippen molar-refractivity contribution in [3.8, 4) is 5.75 Å². The number of nitrogens with zero attached hydrogens (tertiary/aromatic N) is 2. The molecule has 0 aliphatic carbocycles. The number of anilines is 1. The first-order chi connectivity index (χ1) is 11.2. The maximum Gasteiger partial charge on any atom is 0.115 e. The summed E-state index contributed by atoms with van der Waals surface area (Å²) >= 11 is 0. The van der Waals surface area contributed by atoms with E-state index in [1.807, 2.05) is 12.1 Å². The van der Waals surface area contributed by atoms with Gasteiger partial charge < -0.3 is 10.0 Å². The van der Waals surface area contributed by atoms with Crippen molar-refractivity contribution in [3.05, 3.63) is 59.7 Å². The Kier molecular flexibility index (Phi) is 5.19. The Morgan fingerprint density at radius 1 is 0.957 bits per heavy atom. The minimum atomic E-state index is 0.370. The summed E-state index contributed by atoms with van der Waals surface area (Å²) in [5.74, 6) is 0.370. The Labute approximate surface area is 139 Å². The summed E-state index contributed by atoms with van der Waals surface area (Å²) in [7, 11) is 0. The molecule has 1 aliphatic heterocycles. The number of phenolic OH excluding ortho intramolecular Hbond substituents is 1. The molecule has 3 nitrogen and oxygen atoms in total. The second kappa shape index (κ2) is 7.51. The Bertz CT molecular complexity index is 630. The van der Waals surface area contributed by atoms with Crippen LogP contribution in [-0.2, 0) is 6.42 Å². The van der Waals surface area contributed by atoms with E-state index in [0.29, 0.717) is 5.75 Å². The highest BCUT2D eigenvalue weighted by Crippen LogP contribution is 2.18. The molecule has 1 saturated heterocycles. The Morgan fingerprint density at radius 2 is 1.74 bits per heavy atom. The molecule has 2 aromatic rings. The second-order valence-electron chi connectivity index (χ2n) is 6.44. The normalized spacial score (nSPS) is 15.8. The van der Waals surface area contributed by atoms with Gasteiger partial charge in [0.15, 0.2) is 0 Å². The molecule has 0 saturated carbocycles. The lowest BCUT2D eigenvalue weighted by Gasteiger charge is -2.36. The molecule has 3 rings (SSSR count). The molecule has 0 aromatic heterocycles. The van der Waals surface area contributed by atoms with E-state index in [-0.39, 0.29) is 0 Å². The molecule has 1 N–H and O–H groups in total. The number of hydrogen-bond donors (Lipinski definition) is 1. The summed E-state index contributed by atoms with van der Waals surface area (Å²) in [5.41, 5.74) is 3.91. The van der Waals surface area contributed by atoms with Crippen LogP contribution in [0.1, 0.15) is 17.5 Å². The van der Waals surface area contributed by atoms with Crippen LogP contribution in [0.2, 0.25) is 0 Å². The molecule has 0 spiro atoms. The maximum atomic E-state index is 9.50. The predicted octanol–water partition coefficient (Wildman–Crippen LogP) is 3.46. The van der Waals surface area contributed by atoms with Crippen LogP contribution in [-0.4, -0.2) is 42.7 Å². The quantitative estimate of drug-likeness (QED) is 0.916. The molecule has 0 atom stereocenters. The summed E-state index contributed by atoms with van der Waals surface area (Å²) in [6.07, 6.45) is 2.18. The number of hydrogen-bond acceptors (Lipinski definition) is 3. The van der Waals surface area contributed by atoms with Crippen molar-refractivity contribution < 1.29 is 5.11 Å². The average Bonchev–Trinajstić information content (AvgIpc) is 2.56. The SMILES string of the molecule is Cc1cccc(N2CCN(CCCc3cccc(O)c3)CC2)c1. The largest absolute Gasteiger partial charge is 0.508 e. The van der Waals surface area contributed by atoms with Crippen LogP contribution in [0.3, 0.4) is 0 Å². The van der Waals surface area contributed by atoms with E-state index in [2.05, 4.69) is 47.1 Å². The fourth-order valence-corrected chi connectivity index (χ4v) is 3.27. The van der Waals surface area contributed by atoms with Crippen LogP contribution in [0, 0.1) is 6.92 Å². The van der Waals surface area contributed by atoms with Crippen molar-refractivity contribution in [3.63, 3.8) is 0 Å². The summed E-state index contributed by atoms with van der Waals surface area (Å²) in [6.45, 7) is 7.77. The number of piperazine rings is 1. The molecule has 3 heteroatoms. The van der Waals surface area contributed by atoms with E-state index >= 15 is 0 Å². The number of phenols is 1. The second-order valence-corrected chi connectivity index (χ2v) is 6.44. The van der Waals surface area contributed by atoms with Gasteiger partial charge in [0.1, 0.15) is 5.75 Å². The first-order valence-corrected chi connectivity index (χ1v) is 8.52. The first kappa shape index (κ1) is 15.9. The lowest BCUT2D eigenvalue weighted by molar-refractivity contribution is 0.255. The van der Waals surface area contributed by atoms with Gasteiger partial charge in [-0.3, -0.25) is 4.90 Å². The first-order valence-electron chi connectivity index (χ1n) is 8.52. The highest BCUT2D eigenvalue weighted by Gasteiger charge is 2.16.